The maximum atomic E-state index is 5.38. The molecule has 7 nitrogen and oxygen atoms in total. The van der Waals surface area contributed by atoms with Gasteiger partial charge < -0.3 is 24.1 Å². The monoisotopic (exact) mass is 277 g/mol. The molecule has 0 fully saturated rings. The molecule has 0 unspecified atom stereocenters. The molecule has 1 N–H and O–H groups in total. The van der Waals surface area contributed by atoms with Crippen LogP contribution in [0.15, 0.2) is 23.0 Å². The SMILES string of the molecule is COc1cc(CNCCc2ncon2)cc2c1OCO2. The summed E-state index contributed by atoms with van der Waals surface area (Å²) in [6.45, 7) is 1.70. The maximum absolute atomic E-state index is 5.38. The molecule has 0 radical (unpaired) electrons. The highest BCUT2D eigenvalue weighted by molar-refractivity contribution is 5.55. The van der Waals surface area contributed by atoms with E-state index in [0.29, 0.717) is 23.9 Å². The highest BCUT2D eigenvalue weighted by Crippen LogP contribution is 2.41. The van der Waals surface area contributed by atoms with Gasteiger partial charge in [-0.25, -0.2) is 0 Å². The van der Waals surface area contributed by atoms with Crippen LogP contribution >= 0.6 is 0 Å². The van der Waals surface area contributed by atoms with Gasteiger partial charge in [0.15, 0.2) is 17.3 Å². The van der Waals surface area contributed by atoms with Crippen molar-refractivity contribution in [1.29, 1.82) is 0 Å². The van der Waals surface area contributed by atoms with Gasteiger partial charge in [-0.05, 0) is 17.7 Å². The number of hydrogen-bond acceptors (Lipinski definition) is 7. The van der Waals surface area contributed by atoms with Crippen molar-refractivity contribution < 1.29 is 18.7 Å². The van der Waals surface area contributed by atoms with E-state index in [-0.39, 0.29) is 6.79 Å². The summed E-state index contributed by atoms with van der Waals surface area (Å²) < 4.78 is 20.7. The van der Waals surface area contributed by atoms with Crippen LogP contribution in [-0.4, -0.2) is 30.6 Å². The normalized spacial score (nSPS) is 12.7. The number of nitrogens with zero attached hydrogens (tertiary/aromatic N) is 2. The van der Waals surface area contributed by atoms with Gasteiger partial charge in [-0.3, -0.25) is 0 Å². The molecular weight excluding hydrogens is 262 g/mol. The second kappa shape index (κ2) is 5.79. The number of hydrogen-bond donors (Lipinski definition) is 1. The molecule has 1 aliphatic heterocycles. The molecule has 0 bridgehead atoms. The fourth-order valence-corrected chi connectivity index (χ4v) is 2.02. The lowest BCUT2D eigenvalue weighted by atomic mass is 10.2. The summed E-state index contributed by atoms with van der Waals surface area (Å²) in [6, 6.07) is 3.89. The summed E-state index contributed by atoms with van der Waals surface area (Å²) in [7, 11) is 1.62. The molecule has 0 aliphatic carbocycles. The highest BCUT2D eigenvalue weighted by atomic mass is 16.7. The summed E-state index contributed by atoms with van der Waals surface area (Å²) in [5.41, 5.74) is 1.07. The molecular formula is C13H15N3O4. The lowest BCUT2D eigenvalue weighted by Crippen LogP contribution is -2.17. The molecule has 0 saturated carbocycles. The number of ether oxygens (including phenoxy) is 3. The maximum Gasteiger partial charge on any atom is 0.231 e. The number of methoxy groups -OCH3 is 1. The number of aromatic nitrogens is 2. The lowest BCUT2D eigenvalue weighted by molar-refractivity contribution is 0.171. The van der Waals surface area contributed by atoms with Crippen LogP contribution in [0.5, 0.6) is 17.2 Å². The summed E-state index contributed by atoms with van der Waals surface area (Å²) >= 11 is 0. The van der Waals surface area contributed by atoms with E-state index in [2.05, 4.69) is 20.0 Å². The largest absolute Gasteiger partial charge is 0.493 e. The fraction of sp³-hybridized carbons (Fsp3) is 0.385. The Balaban J connectivity index is 1.57. The van der Waals surface area contributed by atoms with E-state index in [1.165, 1.54) is 6.39 Å². The quantitative estimate of drug-likeness (QED) is 0.793. The minimum absolute atomic E-state index is 0.237. The average molecular weight is 277 g/mol. The molecule has 1 aromatic heterocycles. The van der Waals surface area contributed by atoms with Crippen LogP contribution in [0.25, 0.3) is 0 Å². The average Bonchev–Trinajstić information content (AvgIpc) is 3.13. The summed E-state index contributed by atoms with van der Waals surface area (Å²) in [5.74, 6) is 2.78. The fourth-order valence-electron chi connectivity index (χ4n) is 2.02. The van der Waals surface area contributed by atoms with E-state index in [1.54, 1.807) is 7.11 Å². The van der Waals surface area contributed by atoms with Crippen LogP contribution in [0.3, 0.4) is 0 Å². The van der Waals surface area contributed by atoms with Crippen molar-refractivity contribution in [3.63, 3.8) is 0 Å². The molecule has 7 heteroatoms. The first-order valence-corrected chi connectivity index (χ1v) is 6.29. The molecule has 1 aromatic carbocycles. The molecule has 1 aliphatic rings. The number of fused-ring (bicyclic) bond motifs is 1. The summed E-state index contributed by atoms with van der Waals surface area (Å²) in [5, 5.41) is 7.06. The minimum Gasteiger partial charge on any atom is -0.493 e. The third-order valence-electron chi connectivity index (χ3n) is 2.98. The Hall–Kier alpha value is -2.28. The predicted molar refractivity (Wildman–Crippen MR) is 68.8 cm³/mol. The predicted octanol–water partition coefficient (Wildman–Crippen LogP) is 1.14. The molecule has 20 heavy (non-hydrogen) atoms. The Morgan fingerprint density at radius 2 is 2.30 bits per heavy atom. The van der Waals surface area contributed by atoms with Gasteiger partial charge in [-0.15, -0.1) is 0 Å². The third kappa shape index (κ3) is 2.67. The third-order valence-corrected chi connectivity index (χ3v) is 2.98. The molecule has 106 valence electrons. The van der Waals surface area contributed by atoms with Crippen LogP contribution in [0.4, 0.5) is 0 Å². The van der Waals surface area contributed by atoms with Gasteiger partial charge in [0.1, 0.15) is 0 Å². The molecule has 0 saturated heterocycles. The van der Waals surface area contributed by atoms with Gasteiger partial charge >= 0.3 is 0 Å². The Kier molecular flexibility index (Phi) is 3.69. The van der Waals surface area contributed by atoms with Crippen molar-refractivity contribution in [2.75, 3.05) is 20.4 Å². The van der Waals surface area contributed by atoms with Crippen molar-refractivity contribution in [3.05, 3.63) is 29.9 Å². The van der Waals surface area contributed by atoms with E-state index in [1.807, 2.05) is 12.1 Å². The van der Waals surface area contributed by atoms with Crippen molar-refractivity contribution in [3.8, 4) is 17.2 Å². The van der Waals surface area contributed by atoms with Gasteiger partial charge in [0.2, 0.25) is 18.9 Å². The van der Waals surface area contributed by atoms with Crippen LogP contribution < -0.4 is 19.5 Å². The number of benzene rings is 1. The minimum atomic E-state index is 0.237. The van der Waals surface area contributed by atoms with E-state index in [4.69, 9.17) is 14.2 Å². The Morgan fingerprint density at radius 1 is 1.35 bits per heavy atom. The van der Waals surface area contributed by atoms with E-state index >= 15 is 0 Å². The Morgan fingerprint density at radius 3 is 3.10 bits per heavy atom. The summed E-state index contributed by atoms with van der Waals surface area (Å²) in [4.78, 5) is 3.96. The number of rotatable bonds is 6. The zero-order valence-electron chi connectivity index (χ0n) is 11.1. The number of nitrogens with one attached hydrogen (secondary N) is 1. The van der Waals surface area contributed by atoms with Crippen molar-refractivity contribution >= 4 is 0 Å². The van der Waals surface area contributed by atoms with Gasteiger partial charge in [0.25, 0.3) is 0 Å². The standard InChI is InChI=1S/C13H15N3O4/c1-17-10-4-9(5-11-13(10)19-8-18-11)6-14-3-2-12-15-7-20-16-12/h4-5,7,14H,2-3,6,8H2,1H3. The van der Waals surface area contributed by atoms with Crippen LogP contribution in [-0.2, 0) is 13.0 Å². The first-order valence-electron chi connectivity index (χ1n) is 6.29. The molecule has 2 heterocycles. The second-order valence-electron chi connectivity index (χ2n) is 4.31. The van der Waals surface area contributed by atoms with Crippen molar-refractivity contribution in [1.82, 2.24) is 15.5 Å². The van der Waals surface area contributed by atoms with Crippen LogP contribution in [0, 0.1) is 0 Å². The van der Waals surface area contributed by atoms with E-state index in [0.717, 1.165) is 24.3 Å². The second-order valence-corrected chi connectivity index (χ2v) is 4.31. The van der Waals surface area contributed by atoms with Crippen LogP contribution in [0.2, 0.25) is 0 Å². The van der Waals surface area contributed by atoms with Crippen molar-refractivity contribution in [2.45, 2.75) is 13.0 Å². The first-order chi connectivity index (χ1) is 9.86. The molecule has 0 atom stereocenters. The zero-order valence-corrected chi connectivity index (χ0v) is 11.1. The summed E-state index contributed by atoms with van der Waals surface area (Å²) in [6.07, 6.45) is 2.05. The topological polar surface area (TPSA) is 78.6 Å². The van der Waals surface area contributed by atoms with Gasteiger partial charge in [0.05, 0.1) is 7.11 Å². The van der Waals surface area contributed by atoms with Gasteiger partial charge in [-0.2, -0.15) is 4.98 Å². The first kappa shape index (κ1) is 12.7. The van der Waals surface area contributed by atoms with E-state index < -0.39 is 0 Å². The molecule has 0 spiro atoms. The smallest absolute Gasteiger partial charge is 0.231 e. The Bertz CT molecular complexity index is 571. The zero-order chi connectivity index (χ0) is 13.8. The lowest BCUT2D eigenvalue weighted by Gasteiger charge is -2.08. The molecule has 0 amide bonds. The highest BCUT2D eigenvalue weighted by Gasteiger charge is 2.19. The van der Waals surface area contributed by atoms with Gasteiger partial charge in [0, 0.05) is 19.5 Å². The molecule has 3 rings (SSSR count). The van der Waals surface area contributed by atoms with Crippen molar-refractivity contribution in [2.24, 2.45) is 0 Å². The molecule has 2 aromatic rings. The van der Waals surface area contributed by atoms with Gasteiger partial charge in [-0.1, -0.05) is 5.16 Å². The van der Waals surface area contributed by atoms with Crippen LogP contribution in [0.1, 0.15) is 11.4 Å². The Labute approximate surface area is 115 Å². The van der Waals surface area contributed by atoms with E-state index in [9.17, 15) is 0 Å².